The van der Waals surface area contributed by atoms with Crippen molar-refractivity contribution in [2.45, 2.75) is 0 Å². The molecule has 0 spiro atoms. The largest absolute Gasteiger partial charge is 0.459 e. The third-order valence-electron chi connectivity index (χ3n) is 5.09. The van der Waals surface area contributed by atoms with Crippen LogP contribution in [-0.4, -0.2) is 59.8 Å². The number of pyridine rings is 1. The van der Waals surface area contributed by atoms with Crippen molar-refractivity contribution < 1.29 is 14.0 Å². The zero-order chi connectivity index (χ0) is 20.2. The Morgan fingerprint density at radius 1 is 0.897 bits per heavy atom. The van der Waals surface area contributed by atoms with E-state index in [-0.39, 0.29) is 11.8 Å². The molecule has 1 fully saturated rings. The number of rotatable bonds is 4. The molecule has 0 bridgehead atoms. The summed E-state index contributed by atoms with van der Waals surface area (Å²) in [5.74, 6) is 0.104. The summed E-state index contributed by atoms with van der Waals surface area (Å²) in [6.07, 6.45) is 4.81. The maximum Gasteiger partial charge on any atom is 0.289 e. The van der Waals surface area contributed by atoms with Gasteiger partial charge in [0.25, 0.3) is 11.8 Å². The van der Waals surface area contributed by atoms with Gasteiger partial charge in [0.05, 0.1) is 23.7 Å². The lowest BCUT2D eigenvalue weighted by atomic mass is 10.2. The molecule has 1 aliphatic rings. The molecule has 148 valence electrons. The molecule has 0 unspecified atom stereocenters. The number of carbonyl (C=O) groups is 2. The van der Waals surface area contributed by atoms with Gasteiger partial charge in [-0.3, -0.25) is 14.6 Å². The third kappa shape index (κ3) is 3.99. The highest BCUT2D eigenvalue weighted by atomic mass is 16.3. The van der Waals surface area contributed by atoms with Crippen LogP contribution in [0.25, 0.3) is 0 Å². The second kappa shape index (κ2) is 8.18. The highest BCUT2D eigenvalue weighted by Crippen LogP contribution is 2.23. The minimum absolute atomic E-state index is 0.0779. The molecule has 0 radical (unpaired) electrons. The predicted octanol–water partition coefficient (Wildman–Crippen LogP) is 3.04. The second-order valence-electron chi connectivity index (χ2n) is 6.89. The summed E-state index contributed by atoms with van der Waals surface area (Å²) >= 11 is 0. The smallest absolute Gasteiger partial charge is 0.289 e. The number of hydrogen-bond acceptors (Lipinski definition) is 5. The molecule has 1 saturated heterocycles. The van der Waals surface area contributed by atoms with Crippen molar-refractivity contribution in [1.29, 1.82) is 0 Å². The molecule has 0 atom stereocenters. The lowest BCUT2D eigenvalue weighted by Crippen LogP contribution is -2.50. The van der Waals surface area contributed by atoms with Crippen molar-refractivity contribution in [3.05, 3.63) is 78.5 Å². The number of para-hydroxylation sites is 1. The molecule has 3 aromatic rings. The van der Waals surface area contributed by atoms with E-state index in [1.807, 2.05) is 48.3 Å². The zero-order valence-corrected chi connectivity index (χ0v) is 16.2. The number of amides is 2. The molecule has 2 amide bonds. The summed E-state index contributed by atoms with van der Waals surface area (Å²) in [6, 6.07) is 15.1. The fourth-order valence-electron chi connectivity index (χ4n) is 3.38. The summed E-state index contributed by atoms with van der Waals surface area (Å²) in [6.45, 7) is 1.90. The van der Waals surface area contributed by atoms with Gasteiger partial charge < -0.3 is 19.1 Å². The minimum Gasteiger partial charge on any atom is -0.459 e. The van der Waals surface area contributed by atoms with Gasteiger partial charge in [-0.2, -0.15) is 0 Å². The van der Waals surface area contributed by atoms with Gasteiger partial charge >= 0.3 is 0 Å². The average molecular weight is 390 g/mol. The SMILES string of the molecule is CN(c1ccccc1)c1cncc(C(=O)N2CCN(C(=O)c3ccco3)CC2)c1. The standard InChI is InChI=1S/C22H22N4O3/c1-24(18-6-3-2-4-7-18)19-14-17(15-23-16-19)21(27)25-9-11-26(12-10-25)22(28)20-8-5-13-29-20/h2-8,13-16H,9-12H2,1H3. The monoisotopic (exact) mass is 390 g/mol. The van der Waals surface area contributed by atoms with Gasteiger partial charge in [0.1, 0.15) is 0 Å². The van der Waals surface area contributed by atoms with Crippen LogP contribution in [0.4, 0.5) is 11.4 Å². The lowest BCUT2D eigenvalue weighted by Gasteiger charge is -2.34. The number of hydrogen-bond donors (Lipinski definition) is 0. The van der Waals surface area contributed by atoms with E-state index < -0.39 is 0 Å². The van der Waals surface area contributed by atoms with E-state index in [2.05, 4.69) is 4.98 Å². The molecular formula is C22H22N4O3. The van der Waals surface area contributed by atoms with Crippen molar-refractivity contribution in [3.63, 3.8) is 0 Å². The zero-order valence-electron chi connectivity index (χ0n) is 16.2. The van der Waals surface area contributed by atoms with E-state index in [1.165, 1.54) is 6.26 Å². The van der Waals surface area contributed by atoms with Crippen LogP contribution >= 0.6 is 0 Å². The van der Waals surface area contributed by atoms with Crippen LogP contribution in [-0.2, 0) is 0 Å². The molecule has 0 saturated carbocycles. The van der Waals surface area contributed by atoms with Gasteiger partial charge in [-0.15, -0.1) is 0 Å². The van der Waals surface area contributed by atoms with E-state index in [9.17, 15) is 9.59 Å². The van der Waals surface area contributed by atoms with Crippen LogP contribution in [0.5, 0.6) is 0 Å². The Morgan fingerprint density at radius 2 is 1.59 bits per heavy atom. The maximum absolute atomic E-state index is 13.0. The molecular weight excluding hydrogens is 368 g/mol. The Bertz CT molecular complexity index is 980. The first-order valence-corrected chi connectivity index (χ1v) is 9.49. The molecule has 7 heteroatoms. The van der Waals surface area contributed by atoms with Gasteiger partial charge in [0.15, 0.2) is 5.76 Å². The van der Waals surface area contributed by atoms with Gasteiger partial charge in [0.2, 0.25) is 0 Å². The van der Waals surface area contributed by atoms with E-state index in [0.717, 1.165) is 11.4 Å². The summed E-state index contributed by atoms with van der Waals surface area (Å²) in [5, 5.41) is 0. The van der Waals surface area contributed by atoms with Crippen molar-refractivity contribution in [1.82, 2.24) is 14.8 Å². The Labute approximate surface area is 169 Å². The highest BCUT2D eigenvalue weighted by Gasteiger charge is 2.27. The number of furan rings is 1. The number of aromatic nitrogens is 1. The third-order valence-corrected chi connectivity index (χ3v) is 5.09. The van der Waals surface area contributed by atoms with Crippen LogP contribution in [0.15, 0.2) is 71.6 Å². The van der Waals surface area contributed by atoms with Crippen LogP contribution in [0, 0.1) is 0 Å². The molecule has 0 aliphatic carbocycles. The fraction of sp³-hybridized carbons (Fsp3) is 0.227. The number of piperazine rings is 1. The van der Waals surface area contributed by atoms with Crippen LogP contribution in [0.1, 0.15) is 20.9 Å². The fourth-order valence-corrected chi connectivity index (χ4v) is 3.38. The Kier molecular flexibility index (Phi) is 5.29. The first kappa shape index (κ1) is 18.7. The Hall–Kier alpha value is -3.61. The highest BCUT2D eigenvalue weighted by molar-refractivity contribution is 5.95. The van der Waals surface area contributed by atoms with Gasteiger partial charge in [-0.1, -0.05) is 18.2 Å². The van der Waals surface area contributed by atoms with E-state index >= 15 is 0 Å². The number of benzene rings is 1. The number of nitrogens with zero attached hydrogens (tertiary/aromatic N) is 4. The minimum atomic E-state index is -0.143. The molecule has 1 aromatic carbocycles. The molecule has 29 heavy (non-hydrogen) atoms. The van der Waals surface area contributed by atoms with Crippen molar-refractivity contribution >= 4 is 23.2 Å². The molecule has 1 aliphatic heterocycles. The summed E-state index contributed by atoms with van der Waals surface area (Å²) in [5.41, 5.74) is 2.40. The normalized spacial score (nSPS) is 14.0. The van der Waals surface area contributed by atoms with Crippen molar-refractivity contribution in [2.75, 3.05) is 38.1 Å². The second-order valence-corrected chi connectivity index (χ2v) is 6.89. The molecule has 2 aromatic heterocycles. The van der Waals surface area contributed by atoms with E-state index in [4.69, 9.17) is 4.42 Å². The lowest BCUT2D eigenvalue weighted by molar-refractivity contribution is 0.0518. The Balaban J connectivity index is 1.42. The average Bonchev–Trinajstić information content (AvgIpc) is 3.33. The predicted molar refractivity (Wildman–Crippen MR) is 109 cm³/mol. The van der Waals surface area contributed by atoms with Gasteiger partial charge in [-0.05, 0) is 30.3 Å². The first-order chi connectivity index (χ1) is 14.1. The van der Waals surface area contributed by atoms with Crippen LogP contribution in [0.2, 0.25) is 0 Å². The van der Waals surface area contributed by atoms with E-state index in [1.54, 1.807) is 34.3 Å². The van der Waals surface area contributed by atoms with Crippen LogP contribution < -0.4 is 4.90 Å². The molecule has 0 N–H and O–H groups in total. The molecule has 3 heterocycles. The van der Waals surface area contributed by atoms with Crippen molar-refractivity contribution in [2.24, 2.45) is 0 Å². The number of anilines is 2. The quantitative estimate of drug-likeness (QED) is 0.685. The number of carbonyl (C=O) groups excluding carboxylic acids is 2. The van der Waals surface area contributed by atoms with E-state index in [0.29, 0.717) is 37.5 Å². The van der Waals surface area contributed by atoms with Crippen LogP contribution in [0.3, 0.4) is 0 Å². The summed E-state index contributed by atoms with van der Waals surface area (Å²) in [7, 11) is 1.94. The molecule has 4 rings (SSSR count). The maximum atomic E-state index is 13.0. The summed E-state index contributed by atoms with van der Waals surface area (Å²) < 4.78 is 5.18. The van der Waals surface area contributed by atoms with Gasteiger partial charge in [0, 0.05) is 45.1 Å². The first-order valence-electron chi connectivity index (χ1n) is 9.49. The van der Waals surface area contributed by atoms with Gasteiger partial charge in [-0.25, -0.2) is 0 Å². The topological polar surface area (TPSA) is 69.9 Å². The molecule has 7 nitrogen and oxygen atoms in total. The Morgan fingerprint density at radius 3 is 2.24 bits per heavy atom. The summed E-state index contributed by atoms with van der Waals surface area (Å²) in [4.78, 5) is 35.1. The van der Waals surface area contributed by atoms with Crippen molar-refractivity contribution in [3.8, 4) is 0 Å².